The van der Waals surface area contributed by atoms with E-state index in [0.29, 0.717) is 12.8 Å². The van der Waals surface area contributed by atoms with Crippen molar-refractivity contribution in [1.29, 1.82) is 0 Å². The van der Waals surface area contributed by atoms with E-state index in [1.165, 1.54) is 12.0 Å². The Labute approximate surface area is 129 Å². The van der Waals surface area contributed by atoms with E-state index in [1.807, 2.05) is 0 Å². The molecule has 2 rings (SSSR count). The number of amides is 2. The molecule has 0 radical (unpaired) electrons. The number of hydrogen-bond donors (Lipinski definition) is 1. The molecule has 2 aliphatic heterocycles. The molecule has 124 valence electrons. The third kappa shape index (κ3) is 3.49. The number of alkyl carbamates (subject to hydrolysis) is 1. The van der Waals surface area contributed by atoms with Gasteiger partial charge in [0.25, 0.3) is 0 Å². The van der Waals surface area contributed by atoms with Gasteiger partial charge in [-0.25, -0.2) is 9.59 Å². The first kappa shape index (κ1) is 16.5. The molecule has 0 aliphatic carbocycles. The predicted octanol–water partition coefficient (Wildman–Crippen LogP) is 0.400. The number of nitrogens with zero attached hydrogens (tertiary/aromatic N) is 1. The minimum absolute atomic E-state index is 0.113. The summed E-state index contributed by atoms with van der Waals surface area (Å²) >= 11 is 0. The standard InChI is InChI=1S/C14H22N2O6/c1-14(2,3)22-13(19)15-8-5-6-10-16(11(8)17)9(7-21-10)12(18)20-4/h8-10H,5-7H2,1-4H3,(H,15,19)/t8-,9-,10-/m0/s1. The van der Waals surface area contributed by atoms with Gasteiger partial charge in [-0.3, -0.25) is 9.69 Å². The number of carbonyl (C=O) groups excluding carboxylic acids is 3. The molecule has 8 heteroatoms. The fraction of sp³-hybridized carbons (Fsp3) is 0.786. The largest absolute Gasteiger partial charge is 0.467 e. The number of ether oxygens (including phenoxy) is 3. The zero-order chi connectivity index (χ0) is 16.5. The zero-order valence-electron chi connectivity index (χ0n) is 13.3. The third-order valence-electron chi connectivity index (χ3n) is 3.51. The maximum atomic E-state index is 12.5. The zero-order valence-corrected chi connectivity index (χ0v) is 13.3. The normalized spacial score (nSPS) is 28.1. The SMILES string of the molecule is COC(=O)[C@@H]1CO[C@H]2CC[C@H](NC(=O)OC(C)(C)C)C(=O)N21. The summed E-state index contributed by atoms with van der Waals surface area (Å²) in [5.74, 6) is -0.872. The lowest BCUT2D eigenvalue weighted by Gasteiger charge is -2.35. The fourth-order valence-corrected chi connectivity index (χ4v) is 2.60. The second kappa shape index (κ2) is 6.12. The molecule has 2 fully saturated rings. The quantitative estimate of drug-likeness (QED) is 0.742. The number of carbonyl (C=O) groups is 3. The van der Waals surface area contributed by atoms with Gasteiger partial charge in [-0.2, -0.15) is 0 Å². The van der Waals surface area contributed by atoms with Crippen LogP contribution in [0.1, 0.15) is 33.6 Å². The van der Waals surface area contributed by atoms with Gasteiger partial charge in [-0.15, -0.1) is 0 Å². The van der Waals surface area contributed by atoms with Crippen LogP contribution in [0.15, 0.2) is 0 Å². The van der Waals surface area contributed by atoms with Gasteiger partial charge in [-0.1, -0.05) is 0 Å². The van der Waals surface area contributed by atoms with Crippen LogP contribution in [0, 0.1) is 0 Å². The van der Waals surface area contributed by atoms with Crippen molar-refractivity contribution in [2.75, 3.05) is 13.7 Å². The Morgan fingerprint density at radius 3 is 2.59 bits per heavy atom. The van der Waals surface area contributed by atoms with Crippen molar-refractivity contribution in [1.82, 2.24) is 10.2 Å². The lowest BCUT2D eigenvalue weighted by Crippen LogP contribution is -2.58. The van der Waals surface area contributed by atoms with Crippen molar-refractivity contribution in [2.24, 2.45) is 0 Å². The maximum Gasteiger partial charge on any atom is 0.408 e. The molecule has 2 aliphatic rings. The predicted molar refractivity (Wildman–Crippen MR) is 74.8 cm³/mol. The molecule has 8 nitrogen and oxygen atoms in total. The molecule has 0 saturated carbocycles. The number of hydrogen-bond acceptors (Lipinski definition) is 6. The van der Waals surface area contributed by atoms with Crippen molar-refractivity contribution >= 4 is 18.0 Å². The van der Waals surface area contributed by atoms with Gasteiger partial charge in [0.2, 0.25) is 5.91 Å². The van der Waals surface area contributed by atoms with E-state index in [4.69, 9.17) is 9.47 Å². The molecule has 0 aromatic rings. The van der Waals surface area contributed by atoms with Crippen LogP contribution < -0.4 is 5.32 Å². The molecular formula is C14H22N2O6. The molecule has 0 aromatic heterocycles. The number of piperidine rings is 1. The number of methoxy groups -OCH3 is 1. The van der Waals surface area contributed by atoms with Crippen LogP contribution in [0.3, 0.4) is 0 Å². The molecule has 0 spiro atoms. The summed E-state index contributed by atoms with van der Waals surface area (Å²) in [5.41, 5.74) is -0.643. The number of fused-ring (bicyclic) bond motifs is 1. The van der Waals surface area contributed by atoms with Gasteiger partial charge in [0.15, 0.2) is 6.04 Å². The molecule has 2 heterocycles. The number of rotatable bonds is 2. The number of nitrogens with one attached hydrogen (secondary N) is 1. The van der Waals surface area contributed by atoms with Crippen LogP contribution in [0.5, 0.6) is 0 Å². The Bertz CT molecular complexity index is 472. The van der Waals surface area contributed by atoms with Crippen LogP contribution in [-0.4, -0.2) is 60.5 Å². The second-order valence-electron chi connectivity index (χ2n) is 6.35. The van der Waals surface area contributed by atoms with E-state index in [2.05, 4.69) is 10.1 Å². The van der Waals surface area contributed by atoms with Gasteiger partial charge in [0.1, 0.15) is 17.9 Å². The van der Waals surface area contributed by atoms with Gasteiger partial charge >= 0.3 is 12.1 Å². The van der Waals surface area contributed by atoms with Gasteiger partial charge < -0.3 is 19.5 Å². The van der Waals surface area contributed by atoms with Crippen LogP contribution in [-0.2, 0) is 23.8 Å². The molecule has 0 unspecified atom stereocenters. The topological polar surface area (TPSA) is 94.2 Å². The van der Waals surface area contributed by atoms with Crippen molar-refractivity contribution in [3.63, 3.8) is 0 Å². The Kier molecular flexibility index (Phi) is 4.60. The van der Waals surface area contributed by atoms with E-state index < -0.39 is 36.0 Å². The summed E-state index contributed by atoms with van der Waals surface area (Å²) < 4.78 is 15.3. The monoisotopic (exact) mass is 314 g/mol. The van der Waals surface area contributed by atoms with Gasteiger partial charge in [0.05, 0.1) is 13.7 Å². The molecule has 0 bridgehead atoms. The van der Waals surface area contributed by atoms with Crippen LogP contribution in [0.25, 0.3) is 0 Å². The first-order valence-electron chi connectivity index (χ1n) is 7.24. The van der Waals surface area contributed by atoms with Crippen LogP contribution >= 0.6 is 0 Å². The highest BCUT2D eigenvalue weighted by molar-refractivity contribution is 5.91. The van der Waals surface area contributed by atoms with Gasteiger partial charge in [0, 0.05) is 0 Å². The second-order valence-corrected chi connectivity index (χ2v) is 6.35. The Balaban J connectivity index is 2.03. The van der Waals surface area contributed by atoms with Crippen molar-refractivity contribution in [2.45, 2.75) is 57.5 Å². The summed E-state index contributed by atoms with van der Waals surface area (Å²) in [6, 6.07) is -1.48. The third-order valence-corrected chi connectivity index (χ3v) is 3.51. The lowest BCUT2D eigenvalue weighted by molar-refractivity contribution is -0.156. The highest BCUT2D eigenvalue weighted by Crippen LogP contribution is 2.28. The summed E-state index contributed by atoms with van der Waals surface area (Å²) in [5, 5.41) is 2.56. The molecule has 3 atom stereocenters. The molecule has 1 N–H and O–H groups in total. The minimum atomic E-state index is -0.759. The average Bonchev–Trinajstić information content (AvgIpc) is 2.83. The Morgan fingerprint density at radius 1 is 1.32 bits per heavy atom. The fourth-order valence-electron chi connectivity index (χ4n) is 2.60. The highest BCUT2D eigenvalue weighted by Gasteiger charge is 2.48. The minimum Gasteiger partial charge on any atom is -0.467 e. The summed E-state index contributed by atoms with van der Waals surface area (Å²) in [6.45, 7) is 5.34. The summed E-state index contributed by atoms with van der Waals surface area (Å²) in [4.78, 5) is 37.4. The average molecular weight is 314 g/mol. The van der Waals surface area contributed by atoms with Crippen molar-refractivity contribution < 1.29 is 28.6 Å². The molecule has 2 saturated heterocycles. The Morgan fingerprint density at radius 2 is 2.00 bits per heavy atom. The summed E-state index contributed by atoms with van der Waals surface area (Å²) in [6.07, 6.45) is -0.111. The van der Waals surface area contributed by atoms with Gasteiger partial charge in [-0.05, 0) is 33.6 Å². The molecular weight excluding hydrogens is 292 g/mol. The smallest absolute Gasteiger partial charge is 0.408 e. The molecule has 2 amide bonds. The first-order valence-corrected chi connectivity index (χ1v) is 7.24. The van der Waals surface area contributed by atoms with Crippen molar-refractivity contribution in [3.8, 4) is 0 Å². The lowest BCUT2D eigenvalue weighted by atomic mass is 10.0. The molecule has 0 aromatic carbocycles. The van der Waals surface area contributed by atoms with E-state index >= 15 is 0 Å². The number of esters is 1. The van der Waals surface area contributed by atoms with Crippen LogP contribution in [0.2, 0.25) is 0 Å². The van der Waals surface area contributed by atoms with Crippen LogP contribution in [0.4, 0.5) is 4.79 Å². The van der Waals surface area contributed by atoms with E-state index in [-0.39, 0.29) is 12.5 Å². The van der Waals surface area contributed by atoms with E-state index in [0.717, 1.165) is 0 Å². The Hall–Kier alpha value is -1.83. The maximum absolute atomic E-state index is 12.5. The first-order chi connectivity index (χ1) is 10.2. The molecule has 22 heavy (non-hydrogen) atoms. The van der Waals surface area contributed by atoms with E-state index in [9.17, 15) is 14.4 Å². The van der Waals surface area contributed by atoms with E-state index in [1.54, 1.807) is 20.8 Å². The summed E-state index contributed by atoms with van der Waals surface area (Å²) in [7, 11) is 1.26. The highest BCUT2D eigenvalue weighted by atomic mass is 16.6. The van der Waals surface area contributed by atoms with Crippen molar-refractivity contribution in [3.05, 3.63) is 0 Å².